The van der Waals surface area contributed by atoms with E-state index in [2.05, 4.69) is 21.2 Å². The fourth-order valence-corrected chi connectivity index (χ4v) is 2.16. The molecule has 2 aromatic heterocycles. The normalized spacial score (nSPS) is 15.1. The first kappa shape index (κ1) is 10.8. The Morgan fingerprint density at radius 2 is 2.29 bits per heavy atom. The second-order valence-corrected chi connectivity index (χ2v) is 5.02. The molecular weight excluding hydrogens is 234 g/mol. The molecule has 1 fully saturated rings. The molecule has 0 atom stereocenters. The van der Waals surface area contributed by atoms with Gasteiger partial charge in [-0.15, -0.1) is 0 Å². The molecule has 0 radical (unpaired) electrons. The number of nitrogens with one attached hydrogen (secondary N) is 1. The average Bonchev–Trinajstić information content (AvgIpc) is 3.02. The van der Waals surface area contributed by atoms with E-state index in [0.717, 1.165) is 30.0 Å². The molecule has 0 aromatic carbocycles. The number of aromatic amines is 1. The highest BCUT2D eigenvalue weighted by Gasteiger charge is 2.22. The lowest BCUT2D eigenvalue weighted by Gasteiger charge is -1.99. The zero-order valence-electron chi connectivity index (χ0n) is 9.49. The molecule has 2 aromatic rings. The fraction of sp³-hybridized carbons (Fsp3) is 0.385. The lowest BCUT2D eigenvalue weighted by atomic mass is 10.1. The van der Waals surface area contributed by atoms with Crippen molar-refractivity contribution in [1.82, 2.24) is 15.2 Å². The molecule has 0 bridgehead atoms. The summed E-state index contributed by atoms with van der Waals surface area (Å²) in [5, 5.41) is 7.99. The van der Waals surface area contributed by atoms with Crippen LogP contribution in [-0.2, 0) is 12.8 Å². The minimum Gasteiger partial charge on any atom is -0.282 e. The van der Waals surface area contributed by atoms with Gasteiger partial charge in [0, 0.05) is 18.3 Å². The molecule has 2 heterocycles. The zero-order chi connectivity index (χ0) is 11.7. The second-order valence-electron chi connectivity index (χ2n) is 4.66. The van der Waals surface area contributed by atoms with Gasteiger partial charge in [0.2, 0.25) is 0 Å². The Bertz CT molecular complexity index is 517. The summed E-state index contributed by atoms with van der Waals surface area (Å²) >= 11 is 6.03. The molecule has 1 aliphatic carbocycles. The molecule has 0 unspecified atom stereocenters. The van der Waals surface area contributed by atoms with E-state index in [0.29, 0.717) is 5.15 Å². The van der Waals surface area contributed by atoms with Gasteiger partial charge in [0.25, 0.3) is 0 Å². The van der Waals surface area contributed by atoms with Crippen LogP contribution >= 0.6 is 11.6 Å². The predicted molar refractivity (Wildman–Crippen MR) is 67.1 cm³/mol. The van der Waals surface area contributed by atoms with Crippen LogP contribution in [-0.4, -0.2) is 15.2 Å². The fourth-order valence-electron chi connectivity index (χ4n) is 1.98. The Morgan fingerprint density at radius 1 is 1.41 bits per heavy atom. The molecule has 0 spiro atoms. The maximum atomic E-state index is 6.03. The number of nitrogens with zero attached hydrogens (tertiary/aromatic N) is 2. The van der Waals surface area contributed by atoms with Gasteiger partial charge in [-0.25, -0.2) is 4.98 Å². The van der Waals surface area contributed by atoms with Crippen molar-refractivity contribution in [3.63, 3.8) is 0 Å². The standard InChI is InChI=1S/C13H14ClN3/c14-13-10(2-1-5-15-13)7-12-8-11(16-17-12)6-9-3-4-9/h1-2,5,8-9H,3-4,6-7H2,(H,16,17). The molecule has 17 heavy (non-hydrogen) atoms. The highest BCUT2D eigenvalue weighted by atomic mass is 35.5. The van der Waals surface area contributed by atoms with Gasteiger partial charge in [0.1, 0.15) is 5.15 Å². The summed E-state index contributed by atoms with van der Waals surface area (Å²) in [7, 11) is 0. The summed E-state index contributed by atoms with van der Waals surface area (Å²) in [5.41, 5.74) is 3.31. The maximum Gasteiger partial charge on any atom is 0.132 e. The monoisotopic (exact) mass is 247 g/mol. The zero-order valence-corrected chi connectivity index (χ0v) is 10.2. The summed E-state index contributed by atoms with van der Waals surface area (Å²) in [6.07, 6.45) is 6.30. The van der Waals surface area contributed by atoms with Crippen molar-refractivity contribution < 1.29 is 0 Å². The van der Waals surface area contributed by atoms with Crippen molar-refractivity contribution in [1.29, 1.82) is 0 Å². The quantitative estimate of drug-likeness (QED) is 0.844. The topological polar surface area (TPSA) is 41.6 Å². The van der Waals surface area contributed by atoms with E-state index in [1.807, 2.05) is 12.1 Å². The third-order valence-electron chi connectivity index (χ3n) is 3.10. The number of rotatable bonds is 4. The van der Waals surface area contributed by atoms with Crippen LogP contribution in [0.4, 0.5) is 0 Å². The molecule has 3 rings (SSSR count). The molecule has 1 N–H and O–H groups in total. The van der Waals surface area contributed by atoms with E-state index in [4.69, 9.17) is 11.6 Å². The van der Waals surface area contributed by atoms with Gasteiger partial charge in [0.15, 0.2) is 0 Å². The highest BCUT2D eigenvalue weighted by molar-refractivity contribution is 6.30. The molecule has 0 saturated heterocycles. The first-order valence-corrected chi connectivity index (χ1v) is 6.31. The van der Waals surface area contributed by atoms with Crippen LogP contribution in [0.5, 0.6) is 0 Å². The molecular formula is C13H14ClN3. The summed E-state index contributed by atoms with van der Waals surface area (Å²) in [6.45, 7) is 0. The first-order valence-electron chi connectivity index (χ1n) is 5.94. The molecule has 1 aliphatic rings. The Kier molecular flexibility index (Phi) is 2.85. The SMILES string of the molecule is Clc1ncccc1Cc1cc(CC2CC2)n[nH]1. The molecule has 0 amide bonds. The summed E-state index contributed by atoms with van der Waals surface area (Å²) in [5.74, 6) is 0.869. The van der Waals surface area contributed by atoms with Gasteiger partial charge >= 0.3 is 0 Å². The lowest BCUT2D eigenvalue weighted by Crippen LogP contribution is -1.91. The van der Waals surface area contributed by atoms with Gasteiger partial charge in [0.05, 0.1) is 5.69 Å². The van der Waals surface area contributed by atoms with Crippen molar-refractivity contribution in [2.45, 2.75) is 25.7 Å². The third-order valence-corrected chi connectivity index (χ3v) is 3.44. The first-order chi connectivity index (χ1) is 8.31. The number of halogens is 1. The molecule has 1 saturated carbocycles. The Hall–Kier alpha value is -1.35. The number of hydrogen-bond acceptors (Lipinski definition) is 2. The summed E-state index contributed by atoms with van der Waals surface area (Å²) in [6, 6.07) is 6.04. The van der Waals surface area contributed by atoms with Crippen molar-refractivity contribution >= 4 is 11.6 Å². The Morgan fingerprint density at radius 3 is 3.06 bits per heavy atom. The minimum atomic E-state index is 0.575. The van der Waals surface area contributed by atoms with Gasteiger partial charge in [-0.2, -0.15) is 5.10 Å². The predicted octanol–water partition coefficient (Wildman–Crippen LogP) is 3.00. The van der Waals surface area contributed by atoms with Crippen molar-refractivity contribution in [3.05, 3.63) is 46.5 Å². The van der Waals surface area contributed by atoms with Crippen LogP contribution in [0, 0.1) is 5.92 Å². The number of H-pyrrole nitrogens is 1. The Balaban J connectivity index is 1.72. The maximum absolute atomic E-state index is 6.03. The molecule has 3 nitrogen and oxygen atoms in total. The van der Waals surface area contributed by atoms with E-state index in [-0.39, 0.29) is 0 Å². The van der Waals surface area contributed by atoms with Gasteiger partial charge in [-0.05, 0) is 42.9 Å². The van der Waals surface area contributed by atoms with Gasteiger partial charge in [-0.1, -0.05) is 17.7 Å². The van der Waals surface area contributed by atoms with Crippen LogP contribution in [0.25, 0.3) is 0 Å². The van der Waals surface area contributed by atoms with E-state index >= 15 is 0 Å². The van der Waals surface area contributed by atoms with Crippen LogP contribution in [0.3, 0.4) is 0 Å². The van der Waals surface area contributed by atoms with E-state index in [9.17, 15) is 0 Å². The van der Waals surface area contributed by atoms with Crippen LogP contribution in [0.2, 0.25) is 5.15 Å². The van der Waals surface area contributed by atoms with Gasteiger partial charge < -0.3 is 0 Å². The van der Waals surface area contributed by atoms with Gasteiger partial charge in [-0.3, -0.25) is 5.10 Å². The van der Waals surface area contributed by atoms with Crippen molar-refractivity contribution in [2.75, 3.05) is 0 Å². The van der Waals surface area contributed by atoms with Crippen molar-refractivity contribution in [2.24, 2.45) is 5.92 Å². The summed E-state index contributed by atoms with van der Waals surface area (Å²) in [4.78, 5) is 4.07. The smallest absolute Gasteiger partial charge is 0.132 e. The summed E-state index contributed by atoms with van der Waals surface area (Å²) < 4.78 is 0. The molecule has 4 heteroatoms. The Labute approximate surface area is 105 Å². The van der Waals surface area contributed by atoms with E-state index < -0.39 is 0 Å². The molecule has 88 valence electrons. The van der Waals surface area contributed by atoms with Crippen LogP contribution in [0.15, 0.2) is 24.4 Å². The number of pyridine rings is 1. The van der Waals surface area contributed by atoms with E-state index in [1.54, 1.807) is 6.20 Å². The van der Waals surface area contributed by atoms with Crippen LogP contribution in [0.1, 0.15) is 29.8 Å². The molecule has 0 aliphatic heterocycles. The second kappa shape index (κ2) is 4.49. The highest BCUT2D eigenvalue weighted by Crippen LogP contribution is 2.32. The number of hydrogen-bond donors (Lipinski definition) is 1. The third kappa shape index (κ3) is 2.67. The van der Waals surface area contributed by atoms with Crippen LogP contribution < -0.4 is 0 Å². The average molecular weight is 248 g/mol. The number of aromatic nitrogens is 3. The lowest BCUT2D eigenvalue weighted by molar-refractivity contribution is 0.795. The van der Waals surface area contributed by atoms with Crippen molar-refractivity contribution in [3.8, 4) is 0 Å². The largest absolute Gasteiger partial charge is 0.282 e. The van der Waals surface area contributed by atoms with E-state index in [1.165, 1.54) is 18.5 Å². The minimum absolute atomic E-state index is 0.575.